The fourth-order valence-corrected chi connectivity index (χ4v) is 1.54. The summed E-state index contributed by atoms with van der Waals surface area (Å²) in [4.78, 5) is 22.4. The summed E-state index contributed by atoms with van der Waals surface area (Å²) in [5.41, 5.74) is 2.63. The van der Waals surface area contributed by atoms with Crippen LogP contribution < -0.4 is 10.4 Å². The maximum Gasteiger partial charge on any atom is 0.253 e. The first-order valence-corrected chi connectivity index (χ1v) is 4.76. The number of rotatable bonds is 2. The molecule has 1 aliphatic rings. The summed E-state index contributed by atoms with van der Waals surface area (Å²) < 4.78 is 0. The lowest BCUT2D eigenvalue weighted by Gasteiger charge is -2.17. The molecule has 1 aromatic rings. The van der Waals surface area contributed by atoms with Crippen LogP contribution in [-0.4, -0.2) is 18.7 Å². The average Bonchev–Trinajstić information content (AvgIpc) is 2.58. The van der Waals surface area contributed by atoms with E-state index in [0.717, 1.165) is 5.69 Å². The van der Waals surface area contributed by atoms with Crippen molar-refractivity contribution in [2.75, 3.05) is 11.6 Å². The van der Waals surface area contributed by atoms with E-state index in [-0.39, 0.29) is 5.91 Å². The van der Waals surface area contributed by atoms with E-state index >= 15 is 0 Å². The molecule has 0 aliphatic carbocycles. The van der Waals surface area contributed by atoms with Crippen molar-refractivity contribution in [3.8, 4) is 0 Å². The number of nitrogens with zero attached hydrogens (tertiary/aromatic N) is 1. The van der Waals surface area contributed by atoms with Crippen molar-refractivity contribution in [2.24, 2.45) is 5.41 Å². The van der Waals surface area contributed by atoms with E-state index in [1.165, 1.54) is 0 Å². The summed E-state index contributed by atoms with van der Waals surface area (Å²) in [7, 11) is 0. The predicted molar refractivity (Wildman–Crippen MR) is 56.1 cm³/mol. The van der Waals surface area contributed by atoms with Crippen LogP contribution in [0, 0.1) is 5.41 Å². The topological polar surface area (TPSA) is 49.4 Å². The van der Waals surface area contributed by atoms with Gasteiger partial charge in [-0.2, -0.15) is 0 Å². The van der Waals surface area contributed by atoms with Gasteiger partial charge in [-0.05, 0) is 19.1 Å². The van der Waals surface area contributed by atoms with Gasteiger partial charge >= 0.3 is 0 Å². The van der Waals surface area contributed by atoms with Gasteiger partial charge in [-0.15, -0.1) is 0 Å². The third-order valence-corrected chi connectivity index (χ3v) is 2.57. The third-order valence-electron chi connectivity index (χ3n) is 2.57. The maximum atomic E-state index is 11.5. The minimum absolute atomic E-state index is 0.249. The van der Waals surface area contributed by atoms with Crippen molar-refractivity contribution >= 4 is 17.9 Å². The van der Waals surface area contributed by atoms with Gasteiger partial charge < -0.3 is 4.79 Å². The first-order chi connectivity index (χ1) is 7.15. The fourth-order valence-electron chi connectivity index (χ4n) is 1.54. The molecule has 1 N–H and O–H groups in total. The van der Waals surface area contributed by atoms with E-state index in [0.29, 0.717) is 12.8 Å². The fraction of sp³-hybridized carbons (Fsp3) is 0.273. The average molecular weight is 204 g/mol. The van der Waals surface area contributed by atoms with Crippen molar-refractivity contribution < 1.29 is 9.59 Å². The molecule has 1 aromatic carbocycles. The summed E-state index contributed by atoms with van der Waals surface area (Å²) in [6.45, 7) is 2.01. The summed E-state index contributed by atoms with van der Waals surface area (Å²) in [6.07, 6.45) is 0.700. The molecule has 2 rings (SSSR count). The van der Waals surface area contributed by atoms with Crippen LogP contribution in [0.25, 0.3) is 0 Å². The van der Waals surface area contributed by atoms with Gasteiger partial charge in [0.05, 0.1) is 12.2 Å². The van der Waals surface area contributed by atoms with Crippen molar-refractivity contribution in [3.63, 3.8) is 0 Å². The Labute approximate surface area is 87.9 Å². The molecule has 1 fully saturated rings. The molecule has 0 saturated carbocycles. The Morgan fingerprint density at radius 1 is 1.40 bits per heavy atom. The Bertz CT molecular complexity index is 391. The Hall–Kier alpha value is -1.84. The molecule has 0 bridgehead atoms. The normalized spacial score (nSPS) is 25.1. The largest absolute Gasteiger partial charge is 0.302 e. The van der Waals surface area contributed by atoms with Crippen molar-refractivity contribution in [1.82, 2.24) is 5.43 Å². The molecule has 1 heterocycles. The Balaban J connectivity index is 2.24. The van der Waals surface area contributed by atoms with Crippen LogP contribution >= 0.6 is 0 Å². The van der Waals surface area contributed by atoms with Crippen LogP contribution in [0.1, 0.15) is 6.92 Å². The Kier molecular flexibility index (Phi) is 2.19. The van der Waals surface area contributed by atoms with E-state index < -0.39 is 5.41 Å². The summed E-state index contributed by atoms with van der Waals surface area (Å²) in [5, 5.41) is 1.69. The molecule has 0 aromatic heterocycles. The number of aldehydes is 1. The lowest BCUT2D eigenvalue weighted by atomic mass is 9.93. The molecule has 15 heavy (non-hydrogen) atoms. The Morgan fingerprint density at radius 2 is 2.07 bits per heavy atom. The number of benzene rings is 1. The molecule has 0 spiro atoms. The first kappa shape index (κ1) is 9.71. The third kappa shape index (κ3) is 1.58. The predicted octanol–water partition coefficient (Wildman–Crippen LogP) is 0.743. The standard InChI is InChI=1S/C11H12N2O2/c1-11(8-14)7-13(12-10(11)15)9-5-3-2-4-6-9/h2-6,8H,7H2,1H3,(H,12,15). The maximum absolute atomic E-state index is 11.5. The minimum Gasteiger partial charge on any atom is -0.302 e. The summed E-state index contributed by atoms with van der Waals surface area (Å²) in [5.74, 6) is -0.249. The van der Waals surface area contributed by atoms with Crippen LogP contribution in [0.3, 0.4) is 0 Å². The molecule has 4 nitrogen and oxygen atoms in total. The summed E-state index contributed by atoms with van der Waals surface area (Å²) >= 11 is 0. The monoisotopic (exact) mass is 204 g/mol. The number of hydrazine groups is 1. The SMILES string of the molecule is CC1(C=O)CN(c2ccccc2)NC1=O. The number of para-hydroxylation sites is 1. The van der Waals surface area contributed by atoms with Gasteiger partial charge in [0, 0.05) is 0 Å². The van der Waals surface area contributed by atoms with Gasteiger partial charge in [0.25, 0.3) is 5.91 Å². The molecule has 78 valence electrons. The van der Waals surface area contributed by atoms with Gasteiger partial charge in [-0.1, -0.05) is 18.2 Å². The second-order valence-electron chi connectivity index (χ2n) is 3.90. The van der Waals surface area contributed by atoms with Crippen molar-refractivity contribution in [3.05, 3.63) is 30.3 Å². The van der Waals surface area contributed by atoms with E-state index in [1.54, 1.807) is 11.9 Å². The van der Waals surface area contributed by atoms with E-state index in [4.69, 9.17) is 0 Å². The number of nitrogens with one attached hydrogen (secondary N) is 1. The van der Waals surface area contributed by atoms with Crippen molar-refractivity contribution in [1.29, 1.82) is 0 Å². The second kappa shape index (κ2) is 3.38. The van der Waals surface area contributed by atoms with Gasteiger partial charge in [-0.3, -0.25) is 15.2 Å². The molecule has 1 unspecified atom stereocenters. The van der Waals surface area contributed by atoms with Crippen LogP contribution in [0.2, 0.25) is 0 Å². The van der Waals surface area contributed by atoms with Crippen LogP contribution in [0.5, 0.6) is 0 Å². The second-order valence-corrected chi connectivity index (χ2v) is 3.90. The molecular formula is C11H12N2O2. The number of carbonyl (C=O) groups excluding carboxylic acids is 2. The molecule has 0 radical (unpaired) electrons. The van der Waals surface area contributed by atoms with Crippen LogP contribution in [0.15, 0.2) is 30.3 Å². The number of hydrogen-bond acceptors (Lipinski definition) is 3. The van der Waals surface area contributed by atoms with Gasteiger partial charge in [0.1, 0.15) is 11.7 Å². The van der Waals surface area contributed by atoms with E-state index in [2.05, 4.69) is 5.43 Å². The lowest BCUT2D eigenvalue weighted by molar-refractivity contribution is -0.131. The van der Waals surface area contributed by atoms with Gasteiger partial charge in [0.2, 0.25) is 0 Å². The van der Waals surface area contributed by atoms with Gasteiger partial charge in [-0.25, -0.2) is 0 Å². The summed E-state index contributed by atoms with van der Waals surface area (Å²) in [6, 6.07) is 9.45. The van der Waals surface area contributed by atoms with E-state index in [9.17, 15) is 9.59 Å². The zero-order valence-electron chi connectivity index (χ0n) is 8.43. The highest BCUT2D eigenvalue weighted by atomic mass is 16.2. The lowest BCUT2D eigenvalue weighted by Crippen LogP contribution is -2.33. The number of amides is 1. The molecule has 1 amide bonds. The van der Waals surface area contributed by atoms with Crippen LogP contribution in [0.4, 0.5) is 5.69 Å². The quantitative estimate of drug-likeness (QED) is 0.571. The molecule has 1 saturated heterocycles. The molecule has 4 heteroatoms. The minimum atomic E-state index is -0.935. The zero-order valence-corrected chi connectivity index (χ0v) is 8.43. The highest BCUT2D eigenvalue weighted by molar-refractivity contribution is 6.00. The van der Waals surface area contributed by atoms with Crippen molar-refractivity contribution in [2.45, 2.75) is 6.92 Å². The smallest absolute Gasteiger partial charge is 0.253 e. The Morgan fingerprint density at radius 3 is 2.60 bits per heavy atom. The molecule has 1 atom stereocenters. The zero-order chi connectivity index (χ0) is 10.9. The highest BCUT2D eigenvalue weighted by Crippen LogP contribution is 2.25. The number of anilines is 1. The number of carbonyl (C=O) groups is 2. The highest BCUT2D eigenvalue weighted by Gasteiger charge is 2.42. The molecular weight excluding hydrogens is 192 g/mol. The molecule has 1 aliphatic heterocycles. The van der Waals surface area contributed by atoms with Gasteiger partial charge in [0.15, 0.2) is 0 Å². The number of hydrogen-bond donors (Lipinski definition) is 1. The van der Waals surface area contributed by atoms with Crippen LogP contribution in [-0.2, 0) is 9.59 Å². The first-order valence-electron chi connectivity index (χ1n) is 4.76. The van der Waals surface area contributed by atoms with E-state index in [1.807, 2.05) is 30.3 Å².